The summed E-state index contributed by atoms with van der Waals surface area (Å²) in [6, 6.07) is 2.62. The summed E-state index contributed by atoms with van der Waals surface area (Å²) in [7, 11) is 0. The predicted octanol–water partition coefficient (Wildman–Crippen LogP) is 2.81. The van der Waals surface area contributed by atoms with Crippen molar-refractivity contribution in [2.75, 3.05) is 18.5 Å². The maximum atomic E-state index is 13.4. The van der Waals surface area contributed by atoms with Crippen molar-refractivity contribution in [1.29, 1.82) is 0 Å². The highest BCUT2D eigenvalue weighted by Gasteiger charge is 2.18. The molecule has 6 heteroatoms. The number of aryl methyl sites for hydroxylation is 1. The number of urea groups is 1. The molecule has 2 N–H and O–H groups in total. The molecule has 18 heavy (non-hydrogen) atoms. The third-order valence-corrected chi connectivity index (χ3v) is 3.39. The molecule has 0 aliphatic carbocycles. The maximum Gasteiger partial charge on any atom is 0.319 e. The second-order valence-electron chi connectivity index (χ2n) is 4.24. The Morgan fingerprint density at radius 2 is 2.33 bits per heavy atom. The standard InChI is InChI=1S/C12H14BrFN2O2/c1-7-4-9(13)10(14)5-11(7)16-12(17)15-8-2-3-18-6-8/h4-5,8H,2-3,6H2,1H3,(H2,15,16,17). The van der Waals surface area contributed by atoms with Gasteiger partial charge in [0.05, 0.1) is 17.1 Å². The van der Waals surface area contributed by atoms with Gasteiger partial charge in [-0.3, -0.25) is 0 Å². The van der Waals surface area contributed by atoms with Crippen LogP contribution in [0.2, 0.25) is 0 Å². The second kappa shape index (κ2) is 5.67. The minimum Gasteiger partial charge on any atom is -0.379 e. The first-order valence-electron chi connectivity index (χ1n) is 5.67. The highest BCUT2D eigenvalue weighted by molar-refractivity contribution is 9.10. The molecular weight excluding hydrogens is 303 g/mol. The van der Waals surface area contributed by atoms with E-state index >= 15 is 0 Å². The monoisotopic (exact) mass is 316 g/mol. The van der Waals surface area contributed by atoms with E-state index in [1.807, 2.05) is 0 Å². The minimum absolute atomic E-state index is 0.0330. The Hall–Kier alpha value is -1.14. The molecule has 0 saturated carbocycles. The molecule has 0 bridgehead atoms. The second-order valence-corrected chi connectivity index (χ2v) is 5.09. The van der Waals surface area contributed by atoms with Crippen molar-refractivity contribution in [2.24, 2.45) is 0 Å². The smallest absolute Gasteiger partial charge is 0.319 e. The molecule has 2 amide bonds. The van der Waals surface area contributed by atoms with Crippen LogP contribution in [0.3, 0.4) is 0 Å². The summed E-state index contributed by atoms with van der Waals surface area (Å²) in [5.74, 6) is -0.403. The first-order valence-corrected chi connectivity index (χ1v) is 6.46. The van der Waals surface area contributed by atoms with E-state index in [9.17, 15) is 9.18 Å². The molecule has 2 rings (SSSR count). The summed E-state index contributed by atoms with van der Waals surface area (Å²) in [5, 5.41) is 5.42. The lowest BCUT2D eigenvalue weighted by molar-refractivity contribution is 0.189. The highest BCUT2D eigenvalue weighted by atomic mass is 79.9. The van der Waals surface area contributed by atoms with Gasteiger partial charge in [-0.1, -0.05) is 0 Å². The number of hydrogen-bond donors (Lipinski definition) is 2. The molecule has 0 radical (unpaired) electrons. The first kappa shape index (κ1) is 13.3. The Labute approximate surface area is 113 Å². The fourth-order valence-electron chi connectivity index (χ4n) is 1.77. The number of nitrogens with one attached hydrogen (secondary N) is 2. The van der Waals surface area contributed by atoms with Crippen LogP contribution in [-0.4, -0.2) is 25.3 Å². The molecule has 1 heterocycles. The van der Waals surface area contributed by atoms with E-state index in [1.54, 1.807) is 13.0 Å². The fraction of sp³-hybridized carbons (Fsp3) is 0.417. The van der Waals surface area contributed by atoms with Gasteiger partial charge in [-0.15, -0.1) is 0 Å². The Kier molecular flexibility index (Phi) is 4.19. The molecule has 0 spiro atoms. The molecule has 1 saturated heterocycles. The van der Waals surface area contributed by atoms with E-state index in [0.717, 1.165) is 12.0 Å². The van der Waals surface area contributed by atoms with Gasteiger partial charge in [0.1, 0.15) is 5.82 Å². The summed E-state index contributed by atoms with van der Waals surface area (Å²) in [5.41, 5.74) is 1.26. The van der Waals surface area contributed by atoms with Crippen molar-refractivity contribution in [2.45, 2.75) is 19.4 Å². The fourth-order valence-corrected chi connectivity index (χ4v) is 2.23. The van der Waals surface area contributed by atoms with Gasteiger partial charge in [-0.2, -0.15) is 0 Å². The van der Waals surface area contributed by atoms with Gasteiger partial charge in [0.25, 0.3) is 0 Å². The summed E-state index contributed by atoms with van der Waals surface area (Å²) in [6.07, 6.45) is 0.807. The molecule has 1 aromatic carbocycles. The summed E-state index contributed by atoms with van der Waals surface area (Å²) in [4.78, 5) is 11.7. The van der Waals surface area contributed by atoms with Gasteiger partial charge < -0.3 is 15.4 Å². The van der Waals surface area contributed by atoms with Crippen LogP contribution in [0.4, 0.5) is 14.9 Å². The lowest BCUT2D eigenvalue weighted by atomic mass is 10.2. The van der Waals surface area contributed by atoms with Gasteiger partial charge in [0.15, 0.2) is 0 Å². The molecule has 1 atom stereocenters. The van der Waals surface area contributed by atoms with Crippen LogP contribution in [0, 0.1) is 12.7 Å². The molecular formula is C12H14BrFN2O2. The summed E-state index contributed by atoms with van der Waals surface area (Å²) >= 11 is 3.10. The molecule has 1 fully saturated rings. The third-order valence-electron chi connectivity index (χ3n) is 2.78. The van der Waals surface area contributed by atoms with E-state index in [2.05, 4.69) is 26.6 Å². The number of ether oxygens (including phenoxy) is 1. The Bertz CT molecular complexity index is 462. The third kappa shape index (κ3) is 3.20. The Balaban J connectivity index is 2.00. The molecule has 98 valence electrons. The minimum atomic E-state index is -0.403. The molecule has 0 aromatic heterocycles. The van der Waals surface area contributed by atoms with Crippen LogP contribution in [-0.2, 0) is 4.74 Å². The molecule has 1 aliphatic heterocycles. The number of benzene rings is 1. The Morgan fingerprint density at radius 1 is 1.56 bits per heavy atom. The number of carbonyl (C=O) groups excluding carboxylic acids is 1. The van der Waals surface area contributed by atoms with Crippen molar-refractivity contribution in [3.8, 4) is 0 Å². The zero-order chi connectivity index (χ0) is 13.1. The van der Waals surface area contributed by atoms with E-state index < -0.39 is 5.82 Å². The number of halogens is 2. The molecule has 1 aromatic rings. The van der Waals surface area contributed by atoms with E-state index in [4.69, 9.17) is 4.74 Å². The van der Waals surface area contributed by atoms with E-state index in [-0.39, 0.29) is 12.1 Å². The van der Waals surface area contributed by atoms with Crippen LogP contribution >= 0.6 is 15.9 Å². The van der Waals surface area contributed by atoms with Crippen molar-refractivity contribution < 1.29 is 13.9 Å². The van der Waals surface area contributed by atoms with E-state index in [0.29, 0.717) is 23.4 Å². The number of amides is 2. The predicted molar refractivity (Wildman–Crippen MR) is 70.2 cm³/mol. The van der Waals surface area contributed by atoms with Crippen LogP contribution in [0.15, 0.2) is 16.6 Å². The van der Waals surface area contributed by atoms with Crippen LogP contribution in [0.1, 0.15) is 12.0 Å². The van der Waals surface area contributed by atoms with Crippen LogP contribution in [0.25, 0.3) is 0 Å². The average molecular weight is 317 g/mol. The number of hydrogen-bond acceptors (Lipinski definition) is 2. The van der Waals surface area contributed by atoms with E-state index in [1.165, 1.54) is 6.07 Å². The number of carbonyl (C=O) groups is 1. The summed E-state index contributed by atoms with van der Waals surface area (Å²) < 4.78 is 18.9. The first-order chi connectivity index (χ1) is 8.56. The van der Waals surface area contributed by atoms with Crippen molar-refractivity contribution in [3.63, 3.8) is 0 Å². The number of anilines is 1. The summed E-state index contributed by atoms with van der Waals surface area (Å²) in [6.45, 7) is 3.00. The SMILES string of the molecule is Cc1cc(Br)c(F)cc1NC(=O)NC1CCOC1. The lowest BCUT2D eigenvalue weighted by Crippen LogP contribution is -2.38. The largest absolute Gasteiger partial charge is 0.379 e. The zero-order valence-electron chi connectivity index (χ0n) is 9.93. The van der Waals surface area contributed by atoms with Gasteiger partial charge in [0.2, 0.25) is 0 Å². The Morgan fingerprint density at radius 3 is 3.00 bits per heavy atom. The average Bonchev–Trinajstić information content (AvgIpc) is 2.78. The van der Waals surface area contributed by atoms with Crippen molar-refractivity contribution in [1.82, 2.24) is 5.32 Å². The van der Waals surface area contributed by atoms with Gasteiger partial charge in [0, 0.05) is 12.3 Å². The van der Waals surface area contributed by atoms with Crippen molar-refractivity contribution in [3.05, 3.63) is 28.0 Å². The van der Waals surface area contributed by atoms with Gasteiger partial charge in [-0.25, -0.2) is 9.18 Å². The molecule has 1 unspecified atom stereocenters. The normalized spacial score (nSPS) is 18.7. The van der Waals surface area contributed by atoms with Gasteiger partial charge in [-0.05, 0) is 47.0 Å². The van der Waals surface area contributed by atoms with Crippen LogP contribution < -0.4 is 10.6 Å². The topological polar surface area (TPSA) is 50.4 Å². The van der Waals surface area contributed by atoms with Gasteiger partial charge >= 0.3 is 6.03 Å². The van der Waals surface area contributed by atoms with Crippen LogP contribution in [0.5, 0.6) is 0 Å². The molecule has 4 nitrogen and oxygen atoms in total. The number of rotatable bonds is 2. The van der Waals surface area contributed by atoms with Crippen molar-refractivity contribution >= 4 is 27.6 Å². The highest BCUT2D eigenvalue weighted by Crippen LogP contribution is 2.23. The molecule has 1 aliphatic rings. The lowest BCUT2D eigenvalue weighted by Gasteiger charge is -2.13. The quantitative estimate of drug-likeness (QED) is 0.881. The zero-order valence-corrected chi connectivity index (χ0v) is 11.5. The maximum absolute atomic E-state index is 13.4.